The molecule has 1 heterocycles. The lowest BCUT2D eigenvalue weighted by molar-refractivity contribution is -0.0693. The van der Waals surface area contributed by atoms with Crippen molar-refractivity contribution in [1.82, 2.24) is 4.90 Å². The first-order valence-corrected chi connectivity index (χ1v) is 6.09. The summed E-state index contributed by atoms with van der Waals surface area (Å²) >= 11 is 0. The van der Waals surface area contributed by atoms with Crippen molar-refractivity contribution in [2.75, 3.05) is 33.9 Å². The fourth-order valence-electron chi connectivity index (χ4n) is 2.40. The van der Waals surface area contributed by atoms with Gasteiger partial charge in [0, 0.05) is 27.3 Å². The molecular formula is C12H26N2O2. The van der Waals surface area contributed by atoms with Crippen LogP contribution in [0, 0.1) is 0 Å². The Labute approximate surface area is 99.1 Å². The largest absolute Gasteiger partial charge is 0.380 e. The van der Waals surface area contributed by atoms with E-state index in [1.165, 1.54) is 6.42 Å². The molecule has 0 spiro atoms. The molecule has 0 aliphatic carbocycles. The van der Waals surface area contributed by atoms with Crippen molar-refractivity contribution in [3.05, 3.63) is 0 Å². The van der Waals surface area contributed by atoms with Gasteiger partial charge in [-0.2, -0.15) is 0 Å². The van der Waals surface area contributed by atoms with Crippen molar-refractivity contribution >= 4 is 0 Å². The van der Waals surface area contributed by atoms with E-state index in [0.29, 0.717) is 12.6 Å². The molecule has 0 amide bonds. The molecule has 4 nitrogen and oxygen atoms in total. The topological polar surface area (TPSA) is 47.7 Å². The molecule has 0 radical (unpaired) electrons. The second-order valence-corrected chi connectivity index (χ2v) is 4.89. The first-order chi connectivity index (χ1) is 7.58. The molecule has 0 saturated carbocycles. The fourth-order valence-corrected chi connectivity index (χ4v) is 2.40. The van der Waals surface area contributed by atoms with Gasteiger partial charge in [-0.15, -0.1) is 0 Å². The molecule has 0 aromatic carbocycles. The molecule has 16 heavy (non-hydrogen) atoms. The molecule has 4 heteroatoms. The average molecular weight is 230 g/mol. The average Bonchev–Trinajstić information content (AvgIpc) is 2.36. The summed E-state index contributed by atoms with van der Waals surface area (Å²) in [5.74, 6) is 0. The summed E-state index contributed by atoms with van der Waals surface area (Å²) in [5, 5.41) is 0. The van der Waals surface area contributed by atoms with Gasteiger partial charge in [-0.3, -0.25) is 4.90 Å². The molecule has 0 aromatic heterocycles. The normalized spacial score (nSPS) is 28.7. The van der Waals surface area contributed by atoms with Crippen LogP contribution in [0.2, 0.25) is 0 Å². The second-order valence-electron chi connectivity index (χ2n) is 4.89. The van der Waals surface area contributed by atoms with Gasteiger partial charge in [-0.1, -0.05) is 0 Å². The maximum atomic E-state index is 5.94. The molecule has 0 aromatic rings. The van der Waals surface area contributed by atoms with E-state index in [9.17, 15) is 0 Å². The van der Waals surface area contributed by atoms with Gasteiger partial charge in [0.15, 0.2) is 0 Å². The highest BCUT2D eigenvalue weighted by Crippen LogP contribution is 2.25. The Morgan fingerprint density at radius 3 is 2.69 bits per heavy atom. The SMILES string of the molecule is COC1CCCN(C(C)(CN)C(C)OC)C1. The molecule has 1 aliphatic rings. The van der Waals surface area contributed by atoms with Crippen LogP contribution in [0.4, 0.5) is 0 Å². The Hall–Kier alpha value is -0.160. The Kier molecular flexibility index (Phi) is 5.18. The number of likely N-dealkylation sites (tertiary alicyclic amines) is 1. The molecule has 1 aliphatic heterocycles. The molecule has 3 atom stereocenters. The summed E-state index contributed by atoms with van der Waals surface area (Å²) < 4.78 is 10.9. The van der Waals surface area contributed by atoms with E-state index in [1.807, 2.05) is 0 Å². The maximum Gasteiger partial charge on any atom is 0.0736 e. The van der Waals surface area contributed by atoms with Crippen molar-refractivity contribution in [1.29, 1.82) is 0 Å². The van der Waals surface area contributed by atoms with Gasteiger partial charge < -0.3 is 15.2 Å². The van der Waals surface area contributed by atoms with Crippen molar-refractivity contribution in [2.24, 2.45) is 5.73 Å². The number of hydrogen-bond donors (Lipinski definition) is 1. The quantitative estimate of drug-likeness (QED) is 0.760. The van der Waals surface area contributed by atoms with Crippen LogP contribution >= 0.6 is 0 Å². The predicted octanol–water partition coefficient (Wildman–Crippen LogP) is 0.850. The second kappa shape index (κ2) is 5.96. The summed E-state index contributed by atoms with van der Waals surface area (Å²) in [4.78, 5) is 2.42. The van der Waals surface area contributed by atoms with Crippen LogP contribution in [-0.2, 0) is 9.47 Å². The van der Waals surface area contributed by atoms with Crippen LogP contribution in [-0.4, -0.2) is 56.5 Å². The molecule has 3 unspecified atom stereocenters. The van der Waals surface area contributed by atoms with Crippen LogP contribution in [0.15, 0.2) is 0 Å². The van der Waals surface area contributed by atoms with Crippen LogP contribution < -0.4 is 5.73 Å². The van der Waals surface area contributed by atoms with Crippen LogP contribution in [0.25, 0.3) is 0 Å². The lowest BCUT2D eigenvalue weighted by atomic mass is 9.90. The molecule has 1 fully saturated rings. The number of piperidine rings is 1. The van der Waals surface area contributed by atoms with E-state index in [-0.39, 0.29) is 11.6 Å². The summed E-state index contributed by atoms with van der Waals surface area (Å²) in [6, 6.07) is 0. The van der Waals surface area contributed by atoms with Gasteiger partial charge in [0.2, 0.25) is 0 Å². The number of methoxy groups -OCH3 is 2. The number of hydrogen-bond acceptors (Lipinski definition) is 4. The summed E-state index contributed by atoms with van der Waals surface area (Å²) in [6.07, 6.45) is 2.79. The molecule has 0 bridgehead atoms. The van der Waals surface area contributed by atoms with Gasteiger partial charge in [0.25, 0.3) is 0 Å². The number of rotatable bonds is 5. The van der Waals surface area contributed by atoms with Crippen molar-refractivity contribution in [3.63, 3.8) is 0 Å². The summed E-state index contributed by atoms with van der Waals surface area (Å²) in [5.41, 5.74) is 5.85. The highest BCUT2D eigenvalue weighted by Gasteiger charge is 2.38. The maximum absolute atomic E-state index is 5.94. The van der Waals surface area contributed by atoms with Gasteiger partial charge in [0.1, 0.15) is 0 Å². The fraction of sp³-hybridized carbons (Fsp3) is 1.00. The lowest BCUT2D eigenvalue weighted by Crippen LogP contribution is -2.62. The van der Waals surface area contributed by atoms with Crippen molar-refractivity contribution in [2.45, 2.75) is 44.4 Å². The molecule has 1 rings (SSSR count). The van der Waals surface area contributed by atoms with Gasteiger partial charge in [0.05, 0.1) is 17.7 Å². The number of nitrogens with two attached hydrogens (primary N) is 1. The van der Waals surface area contributed by atoms with E-state index in [1.54, 1.807) is 14.2 Å². The summed E-state index contributed by atoms with van der Waals surface area (Å²) in [6.45, 7) is 6.92. The molecule has 96 valence electrons. The van der Waals surface area contributed by atoms with Crippen molar-refractivity contribution in [3.8, 4) is 0 Å². The Morgan fingerprint density at radius 2 is 2.19 bits per heavy atom. The Morgan fingerprint density at radius 1 is 1.50 bits per heavy atom. The van der Waals surface area contributed by atoms with E-state index in [4.69, 9.17) is 15.2 Å². The van der Waals surface area contributed by atoms with E-state index in [2.05, 4.69) is 18.7 Å². The highest BCUT2D eigenvalue weighted by molar-refractivity contribution is 4.95. The standard InChI is InChI=1S/C12H26N2O2/c1-10(15-3)12(2,9-13)14-7-5-6-11(8-14)16-4/h10-11H,5-9,13H2,1-4H3. The minimum atomic E-state index is -0.0913. The molecular weight excluding hydrogens is 204 g/mol. The first-order valence-electron chi connectivity index (χ1n) is 6.09. The zero-order valence-corrected chi connectivity index (χ0v) is 11.0. The third-order valence-electron chi connectivity index (χ3n) is 4.08. The minimum absolute atomic E-state index is 0.0913. The van der Waals surface area contributed by atoms with Gasteiger partial charge in [-0.25, -0.2) is 0 Å². The van der Waals surface area contributed by atoms with Crippen LogP contribution in [0.3, 0.4) is 0 Å². The van der Waals surface area contributed by atoms with Gasteiger partial charge >= 0.3 is 0 Å². The number of ether oxygens (including phenoxy) is 2. The Bertz CT molecular complexity index is 213. The van der Waals surface area contributed by atoms with Crippen LogP contribution in [0.5, 0.6) is 0 Å². The zero-order valence-electron chi connectivity index (χ0n) is 11.0. The van der Waals surface area contributed by atoms with Crippen molar-refractivity contribution < 1.29 is 9.47 Å². The molecule has 1 saturated heterocycles. The molecule has 2 N–H and O–H groups in total. The van der Waals surface area contributed by atoms with Gasteiger partial charge in [-0.05, 0) is 33.2 Å². The van der Waals surface area contributed by atoms with E-state index >= 15 is 0 Å². The van der Waals surface area contributed by atoms with Crippen LogP contribution in [0.1, 0.15) is 26.7 Å². The van der Waals surface area contributed by atoms with E-state index < -0.39 is 0 Å². The number of nitrogens with zero attached hydrogens (tertiary/aromatic N) is 1. The zero-order chi connectivity index (χ0) is 12.2. The minimum Gasteiger partial charge on any atom is -0.380 e. The summed E-state index contributed by atoms with van der Waals surface area (Å²) in [7, 11) is 3.53. The first kappa shape index (κ1) is 13.9. The monoisotopic (exact) mass is 230 g/mol. The third-order valence-corrected chi connectivity index (χ3v) is 4.08. The smallest absolute Gasteiger partial charge is 0.0736 e. The highest BCUT2D eigenvalue weighted by atomic mass is 16.5. The third kappa shape index (κ3) is 2.74. The Balaban J connectivity index is 2.71. The predicted molar refractivity (Wildman–Crippen MR) is 65.5 cm³/mol. The van der Waals surface area contributed by atoms with E-state index in [0.717, 1.165) is 19.5 Å². The lowest BCUT2D eigenvalue weighted by Gasteiger charge is -2.47.